The van der Waals surface area contributed by atoms with Crippen LogP contribution in [-0.4, -0.2) is 63.6 Å². The molecule has 1 fully saturated rings. The summed E-state index contributed by atoms with van der Waals surface area (Å²) in [6.07, 6.45) is 11.0. The number of likely N-dealkylation sites (N-methyl/N-ethyl adjacent to an activating group) is 1. The highest BCUT2D eigenvalue weighted by Gasteiger charge is 2.31. The second-order valence-electron chi connectivity index (χ2n) is 8.87. The number of ether oxygens (including phenoxy) is 1. The largest absolute Gasteiger partial charge is 0.378 e. The van der Waals surface area contributed by atoms with Gasteiger partial charge in [-0.05, 0) is 64.3 Å². The number of benzene rings is 1. The van der Waals surface area contributed by atoms with Crippen LogP contribution in [0.2, 0.25) is 0 Å². The number of unbranched alkanes of at least 4 members (excludes halogenated alkanes) is 4. The van der Waals surface area contributed by atoms with Crippen molar-refractivity contribution in [3.05, 3.63) is 42.5 Å². The van der Waals surface area contributed by atoms with Crippen LogP contribution in [0.15, 0.2) is 30.9 Å². The Morgan fingerprint density at radius 1 is 1.06 bits per heavy atom. The zero-order chi connectivity index (χ0) is 24.3. The highest BCUT2D eigenvalue weighted by atomic mass is 32.2. The van der Waals surface area contributed by atoms with Gasteiger partial charge >= 0.3 is 10.2 Å². The monoisotopic (exact) mass is 487 g/mol. The molecule has 1 aliphatic rings. The molecule has 1 aliphatic carbocycles. The Hall–Kier alpha value is -1.55. The zero-order valence-corrected chi connectivity index (χ0v) is 20.8. The van der Waals surface area contributed by atoms with Crippen molar-refractivity contribution in [2.24, 2.45) is 0 Å². The van der Waals surface area contributed by atoms with E-state index in [0.29, 0.717) is 12.8 Å². The van der Waals surface area contributed by atoms with Crippen molar-refractivity contribution < 1.29 is 21.9 Å². The maximum absolute atomic E-state index is 13.4. The van der Waals surface area contributed by atoms with Gasteiger partial charge in [0.2, 0.25) is 0 Å². The standard InChI is InChI=1S/C24H39F2N3O3S/c1-4-16-28(2)17-8-6-5-7-9-18-32-22-13-11-21(12-14-22)29(3)33(30,31)27-20-10-15-23(25)24(26)19-20/h4,10,15,19,21-22,27H,1,5-9,11-14,16-18H2,2-3H3/t21-,22-. The Kier molecular flexibility index (Phi) is 11.7. The molecule has 2 rings (SSSR count). The lowest BCUT2D eigenvalue weighted by Gasteiger charge is -2.34. The molecule has 0 heterocycles. The Morgan fingerprint density at radius 3 is 2.39 bits per heavy atom. The summed E-state index contributed by atoms with van der Waals surface area (Å²) in [6, 6.07) is 2.80. The Bertz CT molecular complexity index is 830. The van der Waals surface area contributed by atoms with Crippen molar-refractivity contribution in [2.75, 3.05) is 38.5 Å². The maximum atomic E-state index is 13.4. The van der Waals surface area contributed by atoms with Crippen molar-refractivity contribution in [1.82, 2.24) is 9.21 Å². The predicted octanol–water partition coefficient (Wildman–Crippen LogP) is 4.95. The molecular formula is C24H39F2N3O3S. The van der Waals surface area contributed by atoms with Gasteiger partial charge in [0.1, 0.15) is 0 Å². The Balaban J connectivity index is 1.61. The van der Waals surface area contributed by atoms with Gasteiger partial charge in [-0.3, -0.25) is 4.72 Å². The first kappa shape index (κ1) is 27.7. The van der Waals surface area contributed by atoms with Crippen molar-refractivity contribution in [3.8, 4) is 0 Å². The number of hydrogen-bond acceptors (Lipinski definition) is 4. The van der Waals surface area contributed by atoms with Gasteiger partial charge in [-0.25, -0.2) is 8.78 Å². The molecule has 6 nitrogen and oxygen atoms in total. The molecule has 0 unspecified atom stereocenters. The van der Waals surface area contributed by atoms with Crippen molar-refractivity contribution >= 4 is 15.9 Å². The summed E-state index contributed by atoms with van der Waals surface area (Å²) >= 11 is 0. The van der Waals surface area contributed by atoms with E-state index in [1.807, 2.05) is 6.08 Å². The third kappa shape index (κ3) is 9.68. The molecule has 188 valence electrons. The van der Waals surface area contributed by atoms with Gasteiger partial charge in [-0.1, -0.05) is 25.3 Å². The molecule has 0 radical (unpaired) electrons. The first-order chi connectivity index (χ1) is 15.7. The van der Waals surface area contributed by atoms with E-state index in [9.17, 15) is 17.2 Å². The summed E-state index contributed by atoms with van der Waals surface area (Å²) in [5, 5.41) is 0. The average molecular weight is 488 g/mol. The van der Waals surface area contributed by atoms with Crippen molar-refractivity contribution in [2.45, 2.75) is 69.9 Å². The van der Waals surface area contributed by atoms with Crippen LogP contribution in [0.1, 0.15) is 57.8 Å². The highest BCUT2D eigenvalue weighted by Crippen LogP contribution is 2.27. The van der Waals surface area contributed by atoms with Gasteiger partial charge in [0.05, 0.1) is 11.8 Å². The van der Waals surface area contributed by atoms with E-state index in [1.54, 1.807) is 0 Å². The van der Waals surface area contributed by atoms with Gasteiger partial charge in [-0.15, -0.1) is 6.58 Å². The van der Waals surface area contributed by atoms with E-state index in [-0.39, 0.29) is 17.8 Å². The summed E-state index contributed by atoms with van der Waals surface area (Å²) in [5.74, 6) is -2.11. The molecule has 33 heavy (non-hydrogen) atoms. The minimum Gasteiger partial charge on any atom is -0.378 e. The number of halogens is 2. The Morgan fingerprint density at radius 2 is 1.73 bits per heavy atom. The normalized spacial score (nSPS) is 19.2. The fourth-order valence-electron chi connectivity index (χ4n) is 4.13. The minimum absolute atomic E-state index is 0.00144. The van der Waals surface area contributed by atoms with E-state index >= 15 is 0 Å². The van der Waals surface area contributed by atoms with Crippen LogP contribution in [0.25, 0.3) is 0 Å². The van der Waals surface area contributed by atoms with Crippen molar-refractivity contribution in [1.29, 1.82) is 0 Å². The van der Waals surface area contributed by atoms with Crippen molar-refractivity contribution in [3.63, 3.8) is 0 Å². The number of nitrogens with one attached hydrogen (secondary N) is 1. The topological polar surface area (TPSA) is 61.9 Å². The molecule has 0 atom stereocenters. The molecule has 1 saturated carbocycles. The summed E-state index contributed by atoms with van der Waals surface area (Å²) in [7, 11) is -0.227. The second-order valence-corrected chi connectivity index (χ2v) is 10.6. The van der Waals surface area contributed by atoms with E-state index in [2.05, 4.69) is 23.2 Å². The van der Waals surface area contributed by atoms with E-state index in [4.69, 9.17) is 4.74 Å². The summed E-state index contributed by atoms with van der Waals surface area (Å²) < 4.78 is 61.3. The van der Waals surface area contributed by atoms with Crippen LogP contribution in [0.4, 0.5) is 14.5 Å². The van der Waals surface area contributed by atoms with Crippen LogP contribution in [-0.2, 0) is 14.9 Å². The molecule has 1 N–H and O–H groups in total. The van der Waals surface area contributed by atoms with E-state index in [0.717, 1.165) is 57.5 Å². The molecule has 0 bridgehead atoms. The lowest BCUT2D eigenvalue weighted by Crippen LogP contribution is -2.43. The number of nitrogens with zero attached hydrogens (tertiary/aromatic N) is 2. The van der Waals surface area contributed by atoms with Crippen LogP contribution in [0.3, 0.4) is 0 Å². The van der Waals surface area contributed by atoms with Gasteiger partial charge < -0.3 is 9.64 Å². The third-order valence-electron chi connectivity index (χ3n) is 6.18. The third-order valence-corrected chi connectivity index (χ3v) is 7.73. The SMILES string of the molecule is C=CCN(C)CCCCCCCO[C@H]1CC[C@H](N(C)S(=O)(=O)Nc2ccc(F)c(F)c2)CC1. The van der Waals surface area contributed by atoms with Crippen LogP contribution in [0.5, 0.6) is 0 Å². The van der Waals surface area contributed by atoms with Crippen LogP contribution in [0, 0.1) is 11.6 Å². The van der Waals surface area contributed by atoms with E-state index < -0.39 is 21.8 Å². The first-order valence-electron chi connectivity index (χ1n) is 11.8. The van der Waals surface area contributed by atoms with Gasteiger partial charge in [0.15, 0.2) is 11.6 Å². The molecule has 1 aromatic rings. The Labute approximate surface area is 198 Å². The van der Waals surface area contributed by atoms with Crippen LogP contribution >= 0.6 is 0 Å². The predicted molar refractivity (Wildman–Crippen MR) is 129 cm³/mol. The number of anilines is 1. The number of rotatable bonds is 15. The first-order valence-corrected chi connectivity index (χ1v) is 13.3. The lowest BCUT2D eigenvalue weighted by atomic mass is 9.93. The minimum atomic E-state index is -3.86. The van der Waals surface area contributed by atoms with Gasteiger partial charge in [0.25, 0.3) is 0 Å². The lowest BCUT2D eigenvalue weighted by molar-refractivity contribution is 0.0157. The zero-order valence-electron chi connectivity index (χ0n) is 19.9. The summed E-state index contributed by atoms with van der Waals surface area (Å²) in [5.41, 5.74) is 0.00144. The summed E-state index contributed by atoms with van der Waals surface area (Å²) in [6.45, 7) is 6.54. The highest BCUT2D eigenvalue weighted by molar-refractivity contribution is 7.90. The quantitative estimate of drug-likeness (QED) is 0.281. The van der Waals surface area contributed by atoms with Gasteiger partial charge in [0, 0.05) is 32.3 Å². The van der Waals surface area contributed by atoms with Crippen LogP contribution < -0.4 is 4.72 Å². The molecule has 0 amide bonds. The second kappa shape index (κ2) is 14.0. The number of hydrogen-bond donors (Lipinski definition) is 1. The summed E-state index contributed by atoms with van der Waals surface area (Å²) in [4.78, 5) is 2.27. The molecule has 0 spiro atoms. The molecule has 9 heteroatoms. The molecule has 1 aromatic carbocycles. The molecule has 0 saturated heterocycles. The molecule has 0 aromatic heterocycles. The fourth-order valence-corrected chi connectivity index (χ4v) is 5.30. The van der Waals surface area contributed by atoms with E-state index in [1.165, 1.54) is 36.7 Å². The maximum Gasteiger partial charge on any atom is 0.301 e. The van der Waals surface area contributed by atoms with Gasteiger partial charge in [-0.2, -0.15) is 12.7 Å². The average Bonchev–Trinajstić information content (AvgIpc) is 2.78. The fraction of sp³-hybridized carbons (Fsp3) is 0.667. The molecular weight excluding hydrogens is 448 g/mol. The molecule has 0 aliphatic heterocycles. The smallest absolute Gasteiger partial charge is 0.301 e.